The summed E-state index contributed by atoms with van der Waals surface area (Å²) in [4.78, 5) is 40.9. The molecule has 0 saturated heterocycles. The van der Waals surface area contributed by atoms with Crippen LogP contribution in [0.2, 0.25) is 0 Å². The molecule has 1 heterocycles. The highest BCUT2D eigenvalue weighted by molar-refractivity contribution is 6.20. The minimum absolute atomic E-state index is 0.0687. The SMILES string of the molecule is CC(C)(C)OC(=O)CCOCCOCCOCCON1C(=O)c2ccccc2C1=O. The summed E-state index contributed by atoms with van der Waals surface area (Å²) in [6, 6.07) is 6.58. The summed E-state index contributed by atoms with van der Waals surface area (Å²) < 4.78 is 21.2. The molecule has 1 aliphatic rings. The molecule has 1 aliphatic heterocycles. The van der Waals surface area contributed by atoms with Crippen molar-refractivity contribution in [2.75, 3.05) is 46.2 Å². The van der Waals surface area contributed by atoms with Crippen LogP contribution >= 0.6 is 0 Å². The van der Waals surface area contributed by atoms with Crippen LogP contribution in [0.5, 0.6) is 0 Å². The van der Waals surface area contributed by atoms with Crippen molar-refractivity contribution < 1.29 is 38.2 Å². The first-order valence-corrected chi connectivity index (χ1v) is 9.85. The van der Waals surface area contributed by atoms with Gasteiger partial charge in [0.1, 0.15) is 5.60 Å². The molecule has 1 aromatic rings. The second-order valence-electron chi connectivity index (χ2n) is 7.46. The highest BCUT2D eigenvalue weighted by Gasteiger charge is 2.36. The van der Waals surface area contributed by atoms with Gasteiger partial charge in [0, 0.05) is 0 Å². The van der Waals surface area contributed by atoms with Crippen molar-refractivity contribution in [1.82, 2.24) is 5.06 Å². The van der Waals surface area contributed by atoms with Gasteiger partial charge in [-0.25, -0.2) is 0 Å². The molecule has 0 bridgehead atoms. The number of hydroxylamine groups is 2. The van der Waals surface area contributed by atoms with Gasteiger partial charge in [0.05, 0.1) is 63.8 Å². The number of hydrogen-bond donors (Lipinski definition) is 0. The Morgan fingerprint density at radius 1 is 0.800 bits per heavy atom. The first kappa shape index (κ1) is 23.9. The topological polar surface area (TPSA) is 101 Å². The van der Waals surface area contributed by atoms with Crippen LogP contribution in [0.25, 0.3) is 0 Å². The van der Waals surface area contributed by atoms with Gasteiger partial charge in [-0.15, -0.1) is 5.06 Å². The lowest BCUT2D eigenvalue weighted by Gasteiger charge is -2.19. The highest BCUT2D eigenvalue weighted by atomic mass is 16.7. The first-order chi connectivity index (χ1) is 14.3. The van der Waals surface area contributed by atoms with Crippen molar-refractivity contribution >= 4 is 17.8 Å². The van der Waals surface area contributed by atoms with Crippen LogP contribution in [0.15, 0.2) is 24.3 Å². The molecule has 0 aliphatic carbocycles. The van der Waals surface area contributed by atoms with E-state index in [0.29, 0.717) is 37.6 Å². The largest absolute Gasteiger partial charge is 0.460 e. The molecule has 30 heavy (non-hydrogen) atoms. The zero-order valence-corrected chi connectivity index (χ0v) is 17.7. The number of nitrogens with zero attached hydrogens (tertiary/aromatic N) is 1. The van der Waals surface area contributed by atoms with Gasteiger partial charge < -0.3 is 18.9 Å². The summed E-state index contributed by atoms with van der Waals surface area (Å²) in [5.41, 5.74) is 0.186. The number of imide groups is 1. The van der Waals surface area contributed by atoms with Crippen molar-refractivity contribution in [3.8, 4) is 0 Å². The molecule has 2 amide bonds. The maximum atomic E-state index is 12.1. The molecule has 0 radical (unpaired) electrons. The lowest BCUT2D eigenvalue weighted by molar-refractivity contribution is -0.156. The van der Waals surface area contributed by atoms with Crippen molar-refractivity contribution in [2.45, 2.75) is 32.8 Å². The molecule has 166 valence electrons. The van der Waals surface area contributed by atoms with Gasteiger partial charge in [-0.3, -0.25) is 19.2 Å². The second kappa shape index (κ2) is 11.8. The molecule has 0 fully saturated rings. The van der Waals surface area contributed by atoms with Crippen LogP contribution in [-0.2, 0) is 28.6 Å². The van der Waals surface area contributed by atoms with E-state index in [-0.39, 0.29) is 32.2 Å². The van der Waals surface area contributed by atoms with Crippen LogP contribution in [0, 0.1) is 0 Å². The Bertz CT molecular complexity index is 693. The van der Waals surface area contributed by atoms with Gasteiger partial charge in [-0.1, -0.05) is 12.1 Å². The standard InChI is InChI=1S/C21H29NO8/c1-21(2,3)30-18(23)8-9-26-10-11-27-12-13-28-14-15-29-22-19(24)16-6-4-5-7-17(16)20(22)25/h4-7H,8-15H2,1-3H3. The van der Waals surface area contributed by atoms with Gasteiger partial charge in [0.25, 0.3) is 11.8 Å². The van der Waals surface area contributed by atoms with Crippen LogP contribution in [0.3, 0.4) is 0 Å². The van der Waals surface area contributed by atoms with Gasteiger partial charge in [-0.2, -0.15) is 0 Å². The molecule has 0 N–H and O–H groups in total. The van der Waals surface area contributed by atoms with Gasteiger partial charge in [-0.05, 0) is 32.9 Å². The Kier molecular flexibility index (Phi) is 9.38. The fraction of sp³-hybridized carbons (Fsp3) is 0.571. The summed E-state index contributed by atoms with van der Waals surface area (Å²) in [5.74, 6) is -1.23. The molecule has 0 saturated carbocycles. The predicted octanol–water partition coefficient (Wildman–Crippen LogP) is 2.00. The Morgan fingerprint density at radius 2 is 1.27 bits per heavy atom. The molecule has 0 atom stereocenters. The van der Waals surface area contributed by atoms with E-state index in [1.54, 1.807) is 24.3 Å². The van der Waals surface area contributed by atoms with E-state index in [1.165, 1.54) is 0 Å². The number of esters is 1. The number of benzene rings is 1. The minimum atomic E-state index is -0.490. The maximum Gasteiger partial charge on any atom is 0.308 e. The van der Waals surface area contributed by atoms with Gasteiger partial charge >= 0.3 is 5.97 Å². The Labute approximate surface area is 176 Å². The Balaban J connectivity index is 1.42. The second-order valence-corrected chi connectivity index (χ2v) is 7.46. The number of fused-ring (bicyclic) bond motifs is 1. The number of rotatable bonds is 13. The average Bonchev–Trinajstić information content (AvgIpc) is 2.92. The summed E-state index contributed by atoms with van der Waals surface area (Å²) in [6.45, 7) is 7.46. The molecule has 9 nitrogen and oxygen atoms in total. The minimum Gasteiger partial charge on any atom is -0.460 e. The first-order valence-electron chi connectivity index (χ1n) is 9.85. The van der Waals surface area contributed by atoms with E-state index < -0.39 is 17.4 Å². The molecular formula is C21H29NO8. The molecule has 0 aromatic heterocycles. The molecule has 0 unspecified atom stereocenters. The van der Waals surface area contributed by atoms with Crippen LogP contribution in [0.1, 0.15) is 47.9 Å². The summed E-state index contributed by atoms with van der Waals surface area (Å²) >= 11 is 0. The lowest BCUT2D eigenvalue weighted by Crippen LogP contribution is -2.31. The third kappa shape index (κ3) is 7.83. The molecular weight excluding hydrogens is 394 g/mol. The molecule has 9 heteroatoms. The smallest absolute Gasteiger partial charge is 0.308 e. The predicted molar refractivity (Wildman–Crippen MR) is 106 cm³/mol. The lowest BCUT2D eigenvalue weighted by atomic mass is 10.1. The molecule has 1 aromatic carbocycles. The summed E-state index contributed by atoms with van der Waals surface area (Å²) in [6.07, 6.45) is 0.202. The van der Waals surface area contributed by atoms with E-state index >= 15 is 0 Å². The van der Waals surface area contributed by atoms with E-state index in [9.17, 15) is 14.4 Å². The third-order valence-corrected chi connectivity index (χ3v) is 3.82. The normalized spacial score (nSPS) is 13.6. The van der Waals surface area contributed by atoms with E-state index in [0.717, 1.165) is 5.06 Å². The number of carbonyl (C=O) groups is 3. The third-order valence-electron chi connectivity index (χ3n) is 3.82. The average molecular weight is 423 g/mol. The fourth-order valence-electron chi connectivity index (χ4n) is 2.56. The zero-order chi connectivity index (χ0) is 22.0. The van der Waals surface area contributed by atoms with Crippen molar-refractivity contribution in [3.63, 3.8) is 0 Å². The maximum absolute atomic E-state index is 12.1. The van der Waals surface area contributed by atoms with Crippen LogP contribution < -0.4 is 0 Å². The fourth-order valence-corrected chi connectivity index (χ4v) is 2.56. The monoisotopic (exact) mass is 423 g/mol. The summed E-state index contributed by atoms with van der Waals surface area (Å²) in [7, 11) is 0. The van der Waals surface area contributed by atoms with Crippen LogP contribution in [0.4, 0.5) is 0 Å². The quantitative estimate of drug-likeness (QED) is 0.270. The van der Waals surface area contributed by atoms with Gasteiger partial charge in [0.15, 0.2) is 0 Å². The summed E-state index contributed by atoms with van der Waals surface area (Å²) in [5, 5.41) is 0.763. The Morgan fingerprint density at radius 3 is 1.77 bits per heavy atom. The Hall–Kier alpha value is -2.33. The molecule has 2 rings (SSSR count). The van der Waals surface area contributed by atoms with Crippen molar-refractivity contribution in [2.24, 2.45) is 0 Å². The van der Waals surface area contributed by atoms with Crippen molar-refractivity contribution in [1.29, 1.82) is 0 Å². The van der Waals surface area contributed by atoms with E-state index in [4.69, 9.17) is 23.8 Å². The number of amides is 2. The van der Waals surface area contributed by atoms with Crippen molar-refractivity contribution in [3.05, 3.63) is 35.4 Å². The number of hydrogen-bond acceptors (Lipinski definition) is 8. The van der Waals surface area contributed by atoms with E-state index in [1.807, 2.05) is 20.8 Å². The van der Waals surface area contributed by atoms with Gasteiger partial charge in [0.2, 0.25) is 0 Å². The van der Waals surface area contributed by atoms with Crippen LogP contribution in [-0.4, -0.2) is 74.7 Å². The highest BCUT2D eigenvalue weighted by Crippen LogP contribution is 2.22. The van der Waals surface area contributed by atoms with E-state index in [2.05, 4.69) is 0 Å². The molecule has 0 spiro atoms. The zero-order valence-electron chi connectivity index (χ0n) is 17.7. The number of ether oxygens (including phenoxy) is 4. The number of carbonyl (C=O) groups excluding carboxylic acids is 3.